The number of imidazole rings is 1. The fourth-order valence-corrected chi connectivity index (χ4v) is 2.22. The smallest absolute Gasteiger partial charge is 0.110 e. The van der Waals surface area contributed by atoms with Crippen LogP contribution in [0.1, 0.15) is 18.7 Å². The average Bonchev–Trinajstić information content (AvgIpc) is 2.60. The Hall–Kier alpha value is -0.870. The highest BCUT2D eigenvalue weighted by Crippen LogP contribution is 2.29. The van der Waals surface area contributed by atoms with E-state index in [1.54, 1.807) is 0 Å². The summed E-state index contributed by atoms with van der Waals surface area (Å²) >= 11 is 0. The molecule has 1 aliphatic rings. The van der Waals surface area contributed by atoms with Crippen molar-refractivity contribution in [2.45, 2.75) is 25.4 Å². The van der Waals surface area contributed by atoms with Crippen LogP contribution >= 0.6 is 0 Å². The fraction of sp³-hybridized carbons (Fsp3) is 0.750. The third kappa shape index (κ3) is 2.83. The van der Waals surface area contributed by atoms with E-state index in [1.165, 1.54) is 12.8 Å². The van der Waals surface area contributed by atoms with E-state index in [9.17, 15) is 0 Å². The van der Waals surface area contributed by atoms with Crippen molar-refractivity contribution in [3.05, 3.63) is 18.2 Å². The van der Waals surface area contributed by atoms with Crippen LogP contribution in [0.5, 0.6) is 0 Å². The van der Waals surface area contributed by atoms with E-state index in [0.717, 1.165) is 31.3 Å². The normalized spacial score (nSPS) is 24.4. The van der Waals surface area contributed by atoms with Crippen LogP contribution in [0.4, 0.5) is 0 Å². The van der Waals surface area contributed by atoms with E-state index in [4.69, 9.17) is 4.74 Å². The van der Waals surface area contributed by atoms with Gasteiger partial charge in [0.1, 0.15) is 5.82 Å². The molecule has 0 spiro atoms. The molecule has 0 unspecified atom stereocenters. The Labute approximate surface area is 97.0 Å². The van der Waals surface area contributed by atoms with Gasteiger partial charge in [0.05, 0.1) is 12.7 Å². The molecule has 1 N–H and O–H groups in total. The van der Waals surface area contributed by atoms with Crippen molar-refractivity contribution in [1.82, 2.24) is 14.9 Å². The van der Waals surface area contributed by atoms with Crippen molar-refractivity contribution >= 4 is 0 Å². The van der Waals surface area contributed by atoms with Crippen LogP contribution < -0.4 is 5.32 Å². The predicted molar refractivity (Wildman–Crippen MR) is 63.3 cm³/mol. The number of ether oxygens (including phenoxy) is 1. The van der Waals surface area contributed by atoms with Gasteiger partial charge >= 0.3 is 0 Å². The fourth-order valence-electron chi connectivity index (χ4n) is 2.22. The average molecular weight is 223 g/mol. The molecule has 0 saturated heterocycles. The molecule has 1 aromatic rings. The minimum absolute atomic E-state index is 0.485. The first-order valence-electron chi connectivity index (χ1n) is 6.02. The van der Waals surface area contributed by atoms with Crippen molar-refractivity contribution in [2.75, 3.05) is 20.2 Å². The van der Waals surface area contributed by atoms with E-state index in [1.807, 2.05) is 31.1 Å². The third-order valence-corrected chi connectivity index (χ3v) is 3.29. The molecule has 1 heterocycles. The molecule has 1 saturated carbocycles. The van der Waals surface area contributed by atoms with Gasteiger partial charge in [-0.1, -0.05) is 0 Å². The zero-order valence-electron chi connectivity index (χ0n) is 10.1. The molecule has 4 nitrogen and oxygen atoms in total. The molecule has 0 aliphatic heterocycles. The van der Waals surface area contributed by atoms with Crippen LogP contribution in [0.15, 0.2) is 12.4 Å². The first-order valence-corrected chi connectivity index (χ1v) is 6.02. The van der Waals surface area contributed by atoms with Crippen LogP contribution in [-0.2, 0) is 18.2 Å². The van der Waals surface area contributed by atoms with E-state index in [0.29, 0.717) is 6.10 Å². The highest BCUT2D eigenvalue weighted by atomic mass is 16.5. The van der Waals surface area contributed by atoms with E-state index >= 15 is 0 Å². The molecule has 1 aliphatic carbocycles. The second-order valence-electron chi connectivity index (χ2n) is 4.59. The van der Waals surface area contributed by atoms with Crippen molar-refractivity contribution in [2.24, 2.45) is 13.0 Å². The number of hydrogen-bond acceptors (Lipinski definition) is 3. The lowest BCUT2D eigenvalue weighted by molar-refractivity contribution is -0.0285. The van der Waals surface area contributed by atoms with Gasteiger partial charge in [-0.15, -0.1) is 0 Å². The van der Waals surface area contributed by atoms with Crippen LogP contribution in [-0.4, -0.2) is 35.9 Å². The van der Waals surface area contributed by atoms with Crippen LogP contribution in [0.25, 0.3) is 0 Å². The summed E-state index contributed by atoms with van der Waals surface area (Å²) in [5.41, 5.74) is 0. The molecule has 2 rings (SSSR count). The summed E-state index contributed by atoms with van der Waals surface area (Å²) in [6.07, 6.45) is 7.63. The van der Waals surface area contributed by atoms with Crippen LogP contribution in [0, 0.1) is 5.92 Å². The largest absolute Gasteiger partial charge is 0.378 e. The minimum atomic E-state index is 0.485. The summed E-state index contributed by atoms with van der Waals surface area (Å²) in [5, 5.41) is 3.21. The molecule has 0 bridgehead atoms. The van der Waals surface area contributed by atoms with E-state index in [2.05, 4.69) is 10.3 Å². The maximum absolute atomic E-state index is 5.80. The van der Waals surface area contributed by atoms with Gasteiger partial charge < -0.3 is 14.6 Å². The van der Waals surface area contributed by atoms with Crippen molar-refractivity contribution in [1.29, 1.82) is 0 Å². The Morgan fingerprint density at radius 1 is 1.56 bits per heavy atom. The highest BCUT2D eigenvalue weighted by molar-refractivity contribution is 4.91. The molecule has 0 aromatic carbocycles. The summed E-state index contributed by atoms with van der Waals surface area (Å²) in [7, 11) is 4.03. The molecule has 1 aromatic heterocycles. The second-order valence-corrected chi connectivity index (χ2v) is 4.59. The zero-order valence-corrected chi connectivity index (χ0v) is 10.1. The van der Waals surface area contributed by atoms with Crippen LogP contribution in [0.2, 0.25) is 0 Å². The Bertz CT molecular complexity index is 318. The Balaban J connectivity index is 1.58. The number of aromatic nitrogens is 2. The van der Waals surface area contributed by atoms with Gasteiger partial charge in [-0.3, -0.25) is 0 Å². The topological polar surface area (TPSA) is 39.1 Å². The standard InChI is InChI=1S/C12H21N3O/c1-13-9-10-7-11(8-10)16-6-3-12-14-4-5-15(12)2/h4-5,10-11,13H,3,6-9H2,1-2H3. The minimum Gasteiger partial charge on any atom is -0.378 e. The summed E-state index contributed by atoms with van der Waals surface area (Å²) in [4.78, 5) is 4.27. The zero-order chi connectivity index (χ0) is 11.4. The molecule has 16 heavy (non-hydrogen) atoms. The monoisotopic (exact) mass is 223 g/mol. The van der Waals surface area contributed by atoms with Gasteiger partial charge in [-0.25, -0.2) is 4.98 Å². The van der Waals surface area contributed by atoms with E-state index in [-0.39, 0.29) is 0 Å². The Kier molecular flexibility index (Phi) is 3.96. The highest BCUT2D eigenvalue weighted by Gasteiger charge is 2.28. The number of hydrogen-bond donors (Lipinski definition) is 1. The maximum atomic E-state index is 5.80. The predicted octanol–water partition coefficient (Wildman–Crippen LogP) is 0.977. The molecular formula is C12H21N3O. The lowest BCUT2D eigenvalue weighted by atomic mass is 9.82. The Morgan fingerprint density at radius 2 is 2.38 bits per heavy atom. The van der Waals surface area contributed by atoms with Gasteiger partial charge in [0.2, 0.25) is 0 Å². The SMILES string of the molecule is CNCC1CC(OCCc2nccn2C)C1. The van der Waals surface area contributed by atoms with Gasteiger partial charge in [0.25, 0.3) is 0 Å². The second kappa shape index (κ2) is 5.46. The quantitative estimate of drug-likeness (QED) is 0.781. The molecule has 1 fully saturated rings. The van der Waals surface area contributed by atoms with Gasteiger partial charge in [0.15, 0.2) is 0 Å². The Morgan fingerprint density at radius 3 is 3.00 bits per heavy atom. The third-order valence-electron chi connectivity index (χ3n) is 3.29. The molecular weight excluding hydrogens is 202 g/mol. The molecule has 0 atom stereocenters. The summed E-state index contributed by atoms with van der Waals surface area (Å²) < 4.78 is 7.85. The van der Waals surface area contributed by atoms with Crippen molar-refractivity contribution < 1.29 is 4.74 Å². The van der Waals surface area contributed by atoms with Gasteiger partial charge in [-0.2, -0.15) is 0 Å². The first-order chi connectivity index (χ1) is 7.79. The number of nitrogens with zero attached hydrogens (tertiary/aromatic N) is 2. The molecule has 4 heteroatoms. The van der Waals surface area contributed by atoms with Gasteiger partial charge in [0, 0.05) is 25.9 Å². The lowest BCUT2D eigenvalue weighted by Crippen LogP contribution is -2.37. The molecule has 90 valence electrons. The van der Waals surface area contributed by atoms with Gasteiger partial charge in [-0.05, 0) is 32.4 Å². The first kappa shape index (κ1) is 11.6. The molecule has 0 amide bonds. The van der Waals surface area contributed by atoms with Crippen molar-refractivity contribution in [3.63, 3.8) is 0 Å². The van der Waals surface area contributed by atoms with Crippen molar-refractivity contribution in [3.8, 4) is 0 Å². The summed E-state index contributed by atoms with van der Waals surface area (Å²) in [6.45, 7) is 1.92. The van der Waals surface area contributed by atoms with E-state index < -0.39 is 0 Å². The number of aryl methyl sites for hydroxylation is 1. The lowest BCUT2D eigenvalue weighted by Gasteiger charge is -2.35. The summed E-state index contributed by atoms with van der Waals surface area (Å²) in [6, 6.07) is 0. The molecule has 0 radical (unpaired) electrons. The number of rotatable bonds is 6. The summed E-state index contributed by atoms with van der Waals surface area (Å²) in [5.74, 6) is 1.93. The maximum Gasteiger partial charge on any atom is 0.110 e. The van der Waals surface area contributed by atoms with Crippen LogP contribution in [0.3, 0.4) is 0 Å². The number of nitrogens with one attached hydrogen (secondary N) is 1.